The maximum absolute atomic E-state index is 12.3. The fraction of sp³-hybridized carbons (Fsp3) is 0.500. The van der Waals surface area contributed by atoms with Crippen LogP contribution in [0.4, 0.5) is 0 Å². The summed E-state index contributed by atoms with van der Waals surface area (Å²) in [4.78, 5) is 18.7. The maximum Gasteiger partial charge on any atom is 0.257 e. The molecule has 21 heavy (non-hydrogen) atoms. The van der Waals surface area contributed by atoms with Crippen LogP contribution in [0.25, 0.3) is 11.1 Å². The van der Waals surface area contributed by atoms with Gasteiger partial charge in [0, 0.05) is 13.1 Å². The monoisotopic (exact) mass is 304 g/mol. The van der Waals surface area contributed by atoms with Crippen LogP contribution < -0.4 is 0 Å². The number of carbonyl (C=O) groups excluding carboxylic acids is 1. The number of fused-ring (bicyclic) bond motifs is 1. The molecule has 3 rings (SSSR count). The van der Waals surface area contributed by atoms with Crippen LogP contribution in [0.2, 0.25) is 0 Å². The van der Waals surface area contributed by atoms with Crippen molar-refractivity contribution in [3.63, 3.8) is 0 Å². The smallest absolute Gasteiger partial charge is 0.257 e. The lowest BCUT2D eigenvalue weighted by Gasteiger charge is -2.34. The molecule has 0 N–H and O–H groups in total. The number of thioether (sulfide) groups is 1. The third kappa shape index (κ3) is 3.40. The molecule has 1 aliphatic rings. The van der Waals surface area contributed by atoms with E-state index in [-0.39, 0.29) is 5.91 Å². The summed E-state index contributed by atoms with van der Waals surface area (Å²) in [5.41, 5.74) is 1.61. The van der Waals surface area contributed by atoms with Crippen LogP contribution in [0.1, 0.15) is 20.3 Å². The van der Waals surface area contributed by atoms with Crippen LogP contribution in [0.5, 0.6) is 0 Å². The maximum atomic E-state index is 12.3. The van der Waals surface area contributed by atoms with E-state index < -0.39 is 0 Å². The zero-order valence-electron chi connectivity index (χ0n) is 12.4. The van der Waals surface area contributed by atoms with Gasteiger partial charge in [0.05, 0.1) is 5.75 Å². The number of rotatable bonds is 3. The van der Waals surface area contributed by atoms with Gasteiger partial charge in [-0.15, -0.1) is 0 Å². The second-order valence-electron chi connectivity index (χ2n) is 5.98. The number of hydrogen-bond acceptors (Lipinski definition) is 4. The van der Waals surface area contributed by atoms with Crippen molar-refractivity contribution in [2.75, 3.05) is 18.8 Å². The van der Waals surface area contributed by atoms with Crippen molar-refractivity contribution in [2.24, 2.45) is 11.8 Å². The largest absolute Gasteiger partial charge is 0.431 e. The minimum Gasteiger partial charge on any atom is -0.431 e. The number of benzene rings is 1. The molecule has 1 aromatic heterocycles. The van der Waals surface area contributed by atoms with E-state index >= 15 is 0 Å². The van der Waals surface area contributed by atoms with Crippen LogP contribution in [0.3, 0.4) is 0 Å². The second-order valence-corrected chi connectivity index (χ2v) is 6.91. The fourth-order valence-electron chi connectivity index (χ4n) is 2.99. The van der Waals surface area contributed by atoms with Gasteiger partial charge in [0.25, 0.3) is 5.22 Å². The summed E-state index contributed by atoms with van der Waals surface area (Å²) in [7, 11) is 0. The van der Waals surface area contributed by atoms with Crippen molar-refractivity contribution in [3.8, 4) is 0 Å². The predicted octanol–water partition coefficient (Wildman–Crippen LogP) is 3.42. The zero-order chi connectivity index (χ0) is 14.8. The first kappa shape index (κ1) is 14.4. The van der Waals surface area contributed by atoms with Gasteiger partial charge in [-0.2, -0.15) is 0 Å². The van der Waals surface area contributed by atoms with Gasteiger partial charge in [0.1, 0.15) is 5.52 Å². The number of oxazole rings is 1. The van der Waals surface area contributed by atoms with E-state index in [9.17, 15) is 4.79 Å². The first-order valence-electron chi connectivity index (χ1n) is 7.38. The van der Waals surface area contributed by atoms with E-state index in [1.165, 1.54) is 18.2 Å². The quantitative estimate of drug-likeness (QED) is 0.815. The highest BCUT2D eigenvalue weighted by Gasteiger charge is 2.25. The molecule has 1 amide bonds. The first-order valence-corrected chi connectivity index (χ1v) is 8.36. The fourth-order valence-corrected chi connectivity index (χ4v) is 3.74. The van der Waals surface area contributed by atoms with Crippen LogP contribution in [-0.4, -0.2) is 34.6 Å². The highest BCUT2D eigenvalue weighted by atomic mass is 32.2. The van der Waals surface area contributed by atoms with Crippen LogP contribution >= 0.6 is 11.8 Å². The second kappa shape index (κ2) is 6.10. The number of hydrogen-bond donors (Lipinski definition) is 0. The highest BCUT2D eigenvalue weighted by Crippen LogP contribution is 2.25. The molecular formula is C16H20N2O2S. The molecule has 0 spiro atoms. The van der Waals surface area contributed by atoms with Crippen molar-refractivity contribution < 1.29 is 9.21 Å². The predicted molar refractivity (Wildman–Crippen MR) is 84.3 cm³/mol. The Labute approximate surface area is 128 Å². The molecule has 1 aliphatic heterocycles. The molecule has 2 heterocycles. The number of aromatic nitrogens is 1. The van der Waals surface area contributed by atoms with Gasteiger partial charge in [0.15, 0.2) is 5.58 Å². The SMILES string of the molecule is C[C@H]1C[C@H](C)CN(C(=O)CSc2nc3ccccc3o2)C1. The molecule has 4 nitrogen and oxygen atoms in total. The normalized spacial score (nSPS) is 22.7. The van der Waals surface area contributed by atoms with Gasteiger partial charge in [-0.1, -0.05) is 37.7 Å². The van der Waals surface area contributed by atoms with Crippen molar-refractivity contribution in [1.82, 2.24) is 9.88 Å². The molecule has 0 radical (unpaired) electrons. The van der Waals surface area contributed by atoms with Gasteiger partial charge in [0.2, 0.25) is 5.91 Å². The Morgan fingerprint density at radius 1 is 1.33 bits per heavy atom. The van der Waals surface area contributed by atoms with E-state index in [0.29, 0.717) is 22.8 Å². The van der Waals surface area contributed by atoms with Gasteiger partial charge in [-0.05, 0) is 30.4 Å². The third-order valence-electron chi connectivity index (χ3n) is 3.81. The Morgan fingerprint density at radius 3 is 2.76 bits per heavy atom. The van der Waals surface area contributed by atoms with Gasteiger partial charge < -0.3 is 9.32 Å². The Kier molecular flexibility index (Phi) is 4.19. The Bertz CT molecular complexity index is 597. The number of nitrogens with zero attached hydrogens (tertiary/aromatic N) is 2. The Balaban J connectivity index is 1.60. The lowest BCUT2D eigenvalue weighted by atomic mass is 9.92. The molecule has 0 aliphatic carbocycles. The minimum absolute atomic E-state index is 0.181. The third-order valence-corrected chi connectivity index (χ3v) is 4.63. The molecule has 1 aromatic carbocycles. The number of carbonyl (C=O) groups is 1. The zero-order valence-corrected chi connectivity index (χ0v) is 13.2. The molecule has 0 bridgehead atoms. The lowest BCUT2D eigenvalue weighted by Crippen LogP contribution is -2.43. The summed E-state index contributed by atoms with van der Waals surface area (Å²) >= 11 is 1.38. The molecular weight excluding hydrogens is 284 g/mol. The van der Waals surface area contributed by atoms with Crippen molar-refractivity contribution in [2.45, 2.75) is 25.5 Å². The lowest BCUT2D eigenvalue weighted by molar-refractivity contribution is -0.130. The molecule has 0 saturated carbocycles. The molecule has 2 aromatic rings. The van der Waals surface area contributed by atoms with Crippen molar-refractivity contribution in [1.29, 1.82) is 0 Å². The van der Waals surface area contributed by atoms with Crippen molar-refractivity contribution in [3.05, 3.63) is 24.3 Å². The molecule has 1 saturated heterocycles. The van der Waals surface area contributed by atoms with Gasteiger partial charge in [-0.3, -0.25) is 4.79 Å². The summed E-state index contributed by atoms with van der Waals surface area (Å²) in [6.07, 6.45) is 1.21. The summed E-state index contributed by atoms with van der Waals surface area (Å²) in [6.45, 7) is 6.17. The van der Waals surface area contributed by atoms with Crippen molar-refractivity contribution >= 4 is 28.8 Å². The van der Waals surface area contributed by atoms with Crippen LogP contribution in [0, 0.1) is 11.8 Å². The van der Waals surface area contributed by atoms with E-state index in [1.54, 1.807) is 0 Å². The summed E-state index contributed by atoms with van der Waals surface area (Å²) in [5, 5.41) is 0.572. The average Bonchev–Trinajstić information content (AvgIpc) is 2.86. The molecule has 5 heteroatoms. The highest BCUT2D eigenvalue weighted by molar-refractivity contribution is 7.99. The summed E-state index contributed by atoms with van der Waals surface area (Å²) < 4.78 is 5.63. The number of amides is 1. The number of likely N-dealkylation sites (tertiary alicyclic amines) is 1. The molecule has 2 atom stereocenters. The van der Waals surface area contributed by atoms with E-state index in [0.717, 1.165) is 24.2 Å². The Hall–Kier alpha value is -1.49. The minimum atomic E-state index is 0.181. The number of para-hydroxylation sites is 2. The van der Waals surface area contributed by atoms with Gasteiger partial charge >= 0.3 is 0 Å². The van der Waals surface area contributed by atoms with Gasteiger partial charge in [-0.25, -0.2) is 4.98 Å². The van der Waals surface area contributed by atoms with Crippen LogP contribution in [0.15, 0.2) is 33.9 Å². The molecule has 1 fully saturated rings. The molecule has 112 valence electrons. The van der Waals surface area contributed by atoms with E-state index in [1.807, 2.05) is 29.2 Å². The standard InChI is InChI=1S/C16H20N2O2S/c1-11-7-12(2)9-18(8-11)15(19)10-21-16-17-13-5-3-4-6-14(13)20-16/h3-6,11-12H,7-10H2,1-2H3/t11-,12-/m0/s1. The summed E-state index contributed by atoms with van der Waals surface area (Å²) in [5.74, 6) is 1.76. The first-order chi connectivity index (χ1) is 10.1. The Morgan fingerprint density at radius 2 is 2.05 bits per heavy atom. The van der Waals surface area contributed by atoms with E-state index in [2.05, 4.69) is 18.8 Å². The average molecular weight is 304 g/mol. The summed E-state index contributed by atoms with van der Waals surface area (Å²) in [6, 6.07) is 7.66. The molecule has 0 unspecified atom stereocenters. The van der Waals surface area contributed by atoms with E-state index in [4.69, 9.17) is 4.42 Å². The number of piperidine rings is 1. The van der Waals surface area contributed by atoms with Crippen LogP contribution in [-0.2, 0) is 4.79 Å². The topological polar surface area (TPSA) is 46.3 Å².